The van der Waals surface area contributed by atoms with Crippen molar-refractivity contribution in [1.82, 2.24) is 4.98 Å². The van der Waals surface area contributed by atoms with Gasteiger partial charge in [0.2, 0.25) is 0 Å². The third-order valence-electron chi connectivity index (χ3n) is 2.23. The first-order chi connectivity index (χ1) is 9.15. The van der Waals surface area contributed by atoms with E-state index in [4.69, 9.17) is 16.3 Å². The number of anilines is 1. The van der Waals surface area contributed by atoms with Gasteiger partial charge in [0.15, 0.2) is 18.2 Å². The van der Waals surface area contributed by atoms with E-state index in [1.54, 1.807) is 30.3 Å². The molecule has 2 aromatic rings. The number of ether oxygens (including phenoxy) is 1. The number of aromatic hydroxyl groups is 1. The number of amides is 1. The number of nitrogens with one attached hydrogen (secondary N) is 1. The van der Waals surface area contributed by atoms with Crippen LogP contribution >= 0.6 is 11.6 Å². The van der Waals surface area contributed by atoms with Crippen LogP contribution in [0.4, 0.5) is 5.82 Å². The SMILES string of the molecule is O=C(COc1ccc(Cl)cc1)Nc1ncccc1O. The molecule has 0 saturated carbocycles. The van der Waals surface area contributed by atoms with Crippen molar-refractivity contribution in [2.45, 2.75) is 0 Å². The number of rotatable bonds is 4. The van der Waals surface area contributed by atoms with Crippen molar-refractivity contribution in [3.8, 4) is 11.5 Å². The van der Waals surface area contributed by atoms with Crippen LogP contribution in [0, 0.1) is 0 Å². The molecule has 1 heterocycles. The molecule has 98 valence electrons. The number of carbonyl (C=O) groups excluding carboxylic acids is 1. The summed E-state index contributed by atoms with van der Waals surface area (Å²) in [4.78, 5) is 15.4. The van der Waals surface area contributed by atoms with E-state index < -0.39 is 5.91 Å². The van der Waals surface area contributed by atoms with Crippen LogP contribution in [0.2, 0.25) is 5.02 Å². The van der Waals surface area contributed by atoms with E-state index in [-0.39, 0.29) is 18.2 Å². The van der Waals surface area contributed by atoms with Crippen LogP contribution in [0.3, 0.4) is 0 Å². The average molecular weight is 279 g/mol. The topological polar surface area (TPSA) is 71.5 Å². The molecule has 0 aliphatic rings. The molecule has 5 nitrogen and oxygen atoms in total. The summed E-state index contributed by atoms with van der Waals surface area (Å²) in [5.41, 5.74) is 0. The molecule has 1 aromatic heterocycles. The lowest BCUT2D eigenvalue weighted by atomic mass is 10.3. The smallest absolute Gasteiger partial charge is 0.263 e. The van der Waals surface area contributed by atoms with Gasteiger partial charge in [-0.15, -0.1) is 0 Å². The Hall–Kier alpha value is -2.27. The molecule has 2 N–H and O–H groups in total. The molecule has 1 amide bonds. The van der Waals surface area contributed by atoms with Crippen LogP contribution < -0.4 is 10.1 Å². The Labute approximate surface area is 114 Å². The fraction of sp³-hybridized carbons (Fsp3) is 0.0769. The zero-order valence-electron chi connectivity index (χ0n) is 9.84. The number of benzene rings is 1. The zero-order valence-corrected chi connectivity index (χ0v) is 10.6. The summed E-state index contributed by atoms with van der Waals surface area (Å²) in [7, 11) is 0. The first kappa shape index (κ1) is 13.2. The maximum atomic E-state index is 11.6. The number of aromatic nitrogens is 1. The lowest BCUT2D eigenvalue weighted by Gasteiger charge is -2.07. The first-order valence-corrected chi connectivity index (χ1v) is 5.85. The van der Waals surface area contributed by atoms with E-state index in [2.05, 4.69) is 10.3 Å². The summed E-state index contributed by atoms with van der Waals surface area (Å²) in [6, 6.07) is 9.65. The highest BCUT2D eigenvalue weighted by Crippen LogP contribution is 2.18. The van der Waals surface area contributed by atoms with Gasteiger partial charge in [-0.25, -0.2) is 4.98 Å². The van der Waals surface area contributed by atoms with E-state index >= 15 is 0 Å². The van der Waals surface area contributed by atoms with Gasteiger partial charge in [-0.2, -0.15) is 0 Å². The molecule has 6 heteroatoms. The lowest BCUT2D eigenvalue weighted by molar-refractivity contribution is -0.118. The standard InChI is InChI=1S/C13H11ClN2O3/c14-9-3-5-10(6-4-9)19-8-12(18)16-13-11(17)2-1-7-15-13/h1-7,17H,8H2,(H,15,16,18). The van der Waals surface area contributed by atoms with Crippen LogP contribution in [0.25, 0.3) is 0 Å². The van der Waals surface area contributed by atoms with E-state index in [1.807, 2.05) is 0 Å². The third kappa shape index (κ3) is 3.86. The molecule has 0 aliphatic carbocycles. The van der Waals surface area contributed by atoms with Crippen molar-refractivity contribution in [3.05, 3.63) is 47.6 Å². The Morgan fingerprint density at radius 2 is 2.05 bits per heavy atom. The Bertz CT molecular complexity index is 572. The molecule has 0 spiro atoms. The lowest BCUT2D eigenvalue weighted by Crippen LogP contribution is -2.20. The van der Waals surface area contributed by atoms with Gasteiger partial charge >= 0.3 is 0 Å². The first-order valence-electron chi connectivity index (χ1n) is 5.47. The Balaban J connectivity index is 1.88. The molecule has 19 heavy (non-hydrogen) atoms. The number of pyridine rings is 1. The van der Waals surface area contributed by atoms with Crippen molar-refractivity contribution in [2.75, 3.05) is 11.9 Å². The molecular formula is C13H11ClN2O3. The molecule has 0 radical (unpaired) electrons. The Morgan fingerprint density at radius 3 is 2.74 bits per heavy atom. The van der Waals surface area contributed by atoms with Crippen molar-refractivity contribution >= 4 is 23.3 Å². The van der Waals surface area contributed by atoms with Crippen molar-refractivity contribution in [3.63, 3.8) is 0 Å². The predicted octanol–water partition coefficient (Wildman–Crippen LogP) is 2.46. The number of halogens is 1. The van der Waals surface area contributed by atoms with Gasteiger partial charge in [0, 0.05) is 11.2 Å². The number of nitrogens with zero attached hydrogens (tertiary/aromatic N) is 1. The molecular weight excluding hydrogens is 268 g/mol. The maximum absolute atomic E-state index is 11.6. The van der Waals surface area contributed by atoms with E-state index in [0.717, 1.165) is 0 Å². The number of hydrogen-bond donors (Lipinski definition) is 2. The summed E-state index contributed by atoms with van der Waals surface area (Å²) in [5.74, 6) is 0.128. The largest absolute Gasteiger partial charge is 0.504 e. The zero-order chi connectivity index (χ0) is 13.7. The maximum Gasteiger partial charge on any atom is 0.263 e. The molecule has 0 aliphatic heterocycles. The van der Waals surface area contributed by atoms with E-state index in [1.165, 1.54) is 12.3 Å². The molecule has 0 atom stereocenters. The predicted molar refractivity (Wildman–Crippen MR) is 71.5 cm³/mol. The summed E-state index contributed by atoms with van der Waals surface area (Å²) in [6.45, 7) is -0.183. The molecule has 0 bridgehead atoms. The second-order valence-corrected chi connectivity index (χ2v) is 4.10. The highest BCUT2D eigenvalue weighted by atomic mass is 35.5. The minimum atomic E-state index is -0.413. The van der Waals surface area contributed by atoms with Gasteiger partial charge in [0.05, 0.1) is 0 Å². The van der Waals surface area contributed by atoms with Crippen molar-refractivity contribution in [2.24, 2.45) is 0 Å². The van der Waals surface area contributed by atoms with Crippen LogP contribution in [-0.4, -0.2) is 22.6 Å². The van der Waals surface area contributed by atoms with Gasteiger partial charge in [0.1, 0.15) is 5.75 Å². The summed E-state index contributed by atoms with van der Waals surface area (Å²) in [6.07, 6.45) is 1.47. The van der Waals surface area contributed by atoms with Crippen LogP contribution in [0.15, 0.2) is 42.6 Å². The van der Waals surface area contributed by atoms with Gasteiger partial charge in [-0.05, 0) is 36.4 Å². The van der Waals surface area contributed by atoms with Gasteiger partial charge in [-0.1, -0.05) is 11.6 Å². The Morgan fingerprint density at radius 1 is 1.32 bits per heavy atom. The monoisotopic (exact) mass is 278 g/mol. The van der Waals surface area contributed by atoms with Gasteiger partial charge in [-0.3, -0.25) is 4.79 Å². The van der Waals surface area contributed by atoms with Gasteiger partial charge < -0.3 is 15.2 Å². The fourth-order valence-corrected chi connectivity index (χ4v) is 1.47. The van der Waals surface area contributed by atoms with Crippen LogP contribution in [0.1, 0.15) is 0 Å². The number of carbonyl (C=O) groups is 1. The highest BCUT2D eigenvalue weighted by Gasteiger charge is 2.07. The van der Waals surface area contributed by atoms with Crippen LogP contribution in [-0.2, 0) is 4.79 Å². The quantitative estimate of drug-likeness (QED) is 0.901. The summed E-state index contributed by atoms with van der Waals surface area (Å²) in [5, 5.41) is 12.5. The Kier molecular flexibility index (Phi) is 4.20. The minimum absolute atomic E-state index is 0.0951. The van der Waals surface area contributed by atoms with Crippen molar-refractivity contribution < 1.29 is 14.6 Å². The molecule has 0 unspecified atom stereocenters. The minimum Gasteiger partial charge on any atom is -0.504 e. The van der Waals surface area contributed by atoms with Gasteiger partial charge in [0.25, 0.3) is 5.91 Å². The highest BCUT2D eigenvalue weighted by molar-refractivity contribution is 6.30. The normalized spacial score (nSPS) is 9.95. The molecule has 0 fully saturated rings. The van der Waals surface area contributed by atoms with Crippen molar-refractivity contribution in [1.29, 1.82) is 0 Å². The second kappa shape index (κ2) is 6.06. The average Bonchev–Trinajstić information content (AvgIpc) is 2.41. The number of hydrogen-bond acceptors (Lipinski definition) is 4. The summed E-state index contributed by atoms with van der Waals surface area (Å²) < 4.78 is 5.25. The van der Waals surface area contributed by atoms with E-state index in [9.17, 15) is 9.90 Å². The fourth-order valence-electron chi connectivity index (χ4n) is 1.34. The third-order valence-corrected chi connectivity index (χ3v) is 2.48. The molecule has 2 rings (SSSR count). The molecule has 0 saturated heterocycles. The molecule has 1 aromatic carbocycles. The summed E-state index contributed by atoms with van der Waals surface area (Å²) >= 11 is 5.73. The van der Waals surface area contributed by atoms with Crippen LogP contribution in [0.5, 0.6) is 11.5 Å². The second-order valence-electron chi connectivity index (χ2n) is 3.66. The van der Waals surface area contributed by atoms with E-state index in [0.29, 0.717) is 10.8 Å².